The van der Waals surface area contributed by atoms with Gasteiger partial charge in [0, 0.05) is 22.7 Å². The number of halogens is 3. The molecule has 0 saturated heterocycles. The van der Waals surface area contributed by atoms with Gasteiger partial charge in [0.05, 0.1) is 17.4 Å². The number of hydrogen-bond donors (Lipinski definition) is 2. The molecule has 0 radical (unpaired) electrons. The Morgan fingerprint density at radius 2 is 1.46 bits per heavy atom. The lowest BCUT2D eigenvalue weighted by Crippen LogP contribution is -2.39. The van der Waals surface area contributed by atoms with Crippen LogP contribution in [0.5, 0.6) is 0 Å². The predicted molar refractivity (Wildman–Crippen MR) is 136 cm³/mol. The third-order valence-electron chi connectivity index (χ3n) is 9.92. The topological polar surface area (TPSA) is 53.4 Å². The van der Waals surface area contributed by atoms with Gasteiger partial charge in [-0.3, -0.25) is 4.98 Å². The molecule has 200 valence electrons. The summed E-state index contributed by atoms with van der Waals surface area (Å²) >= 11 is 0. The molecule has 0 aliphatic heterocycles. The van der Waals surface area contributed by atoms with Gasteiger partial charge < -0.3 is 10.2 Å². The number of pyridine rings is 1. The molecule has 37 heavy (non-hydrogen) atoms. The number of aliphatic hydroxyl groups is 2. The quantitative estimate of drug-likeness (QED) is 0.435. The minimum Gasteiger partial charge on any atom is -0.388 e. The lowest BCUT2D eigenvalue weighted by Gasteiger charge is -2.48. The van der Waals surface area contributed by atoms with Gasteiger partial charge >= 0.3 is 6.18 Å². The highest BCUT2D eigenvalue weighted by atomic mass is 19.4. The second-order valence-electron chi connectivity index (χ2n) is 12.3. The number of hydrogen-bond acceptors (Lipinski definition) is 3. The summed E-state index contributed by atoms with van der Waals surface area (Å²) in [4.78, 5) is 5.28. The van der Waals surface area contributed by atoms with Gasteiger partial charge in [-0.2, -0.15) is 13.2 Å². The first-order valence-corrected chi connectivity index (χ1v) is 14.4. The van der Waals surface area contributed by atoms with Crippen molar-refractivity contribution in [3.8, 4) is 0 Å². The molecule has 4 aliphatic carbocycles. The van der Waals surface area contributed by atoms with E-state index in [0.717, 1.165) is 117 Å². The Morgan fingerprint density at radius 3 is 2.05 bits per heavy atom. The normalized spacial score (nSPS) is 25.2. The highest BCUT2D eigenvalue weighted by Gasteiger charge is 2.46. The van der Waals surface area contributed by atoms with Crippen LogP contribution in [0, 0.1) is 5.41 Å². The van der Waals surface area contributed by atoms with Crippen LogP contribution in [0.15, 0.2) is 24.3 Å². The summed E-state index contributed by atoms with van der Waals surface area (Å²) in [7, 11) is 0. The fraction of sp³-hybridized carbons (Fsp3) is 0.645. The van der Waals surface area contributed by atoms with Gasteiger partial charge in [-0.05, 0) is 86.0 Å². The number of alkyl halides is 3. The SMILES string of the molecule is O[C@@H](c1ccc(C(F)(F)F)cc1)c1c(C2CCCC2)nc2c(c1C1CCCCC1)[C@@H](O)CC1(CCC1)C2. The van der Waals surface area contributed by atoms with Crippen LogP contribution in [-0.2, 0) is 12.6 Å². The van der Waals surface area contributed by atoms with Crippen LogP contribution in [0.3, 0.4) is 0 Å². The van der Waals surface area contributed by atoms with E-state index in [0.29, 0.717) is 5.56 Å². The third kappa shape index (κ3) is 4.63. The van der Waals surface area contributed by atoms with E-state index < -0.39 is 23.9 Å². The molecule has 1 spiro atoms. The van der Waals surface area contributed by atoms with Gasteiger partial charge in [0.25, 0.3) is 0 Å². The fourth-order valence-corrected chi connectivity index (χ4v) is 7.86. The van der Waals surface area contributed by atoms with Crippen LogP contribution in [0.1, 0.15) is 147 Å². The van der Waals surface area contributed by atoms with Crippen molar-refractivity contribution in [2.75, 3.05) is 0 Å². The van der Waals surface area contributed by atoms with Gasteiger partial charge in [0.1, 0.15) is 6.10 Å². The minimum atomic E-state index is -4.42. The molecular weight excluding hydrogens is 475 g/mol. The summed E-state index contributed by atoms with van der Waals surface area (Å²) in [5, 5.41) is 23.5. The second-order valence-corrected chi connectivity index (χ2v) is 12.3. The Kier molecular flexibility index (Phi) is 6.63. The van der Waals surface area contributed by atoms with Crippen LogP contribution in [-0.4, -0.2) is 15.2 Å². The molecule has 6 rings (SSSR count). The zero-order chi connectivity index (χ0) is 25.8. The first-order valence-electron chi connectivity index (χ1n) is 14.4. The Balaban J connectivity index is 1.53. The molecule has 2 aromatic rings. The summed E-state index contributed by atoms with van der Waals surface area (Å²) in [5.41, 5.74) is 4.71. The van der Waals surface area contributed by atoms with Crippen LogP contribution in [0.25, 0.3) is 0 Å². The monoisotopic (exact) mass is 513 g/mol. The van der Waals surface area contributed by atoms with Crippen molar-refractivity contribution in [3.63, 3.8) is 0 Å². The van der Waals surface area contributed by atoms with Gasteiger partial charge in [-0.25, -0.2) is 0 Å². The molecule has 1 aromatic heterocycles. The maximum absolute atomic E-state index is 13.2. The molecule has 0 amide bonds. The molecule has 3 fully saturated rings. The molecule has 0 bridgehead atoms. The van der Waals surface area contributed by atoms with E-state index in [4.69, 9.17) is 4.98 Å². The van der Waals surface area contributed by atoms with E-state index in [1.165, 1.54) is 25.0 Å². The Morgan fingerprint density at radius 1 is 0.838 bits per heavy atom. The van der Waals surface area contributed by atoms with Crippen molar-refractivity contribution in [2.24, 2.45) is 5.41 Å². The lowest BCUT2D eigenvalue weighted by molar-refractivity contribution is -0.137. The maximum Gasteiger partial charge on any atom is 0.416 e. The highest BCUT2D eigenvalue weighted by molar-refractivity contribution is 5.51. The number of rotatable bonds is 4. The number of aromatic nitrogens is 1. The second kappa shape index (κ2) is 9.68. The van der Waals surface area contributed by atoms with E-state index in [2.05, 4.69) is 0 Å². The van der Waals surface area contributed by atoms with Crippen LogP contribution in [0.4, 0.5) is 13.2 Å². The molecule has 6 heteroatoms. The fourth-order valence-electron chi connectivity index (χ4n) is 7.86. The summed E-state index contributed by atoms with van der Waals surface area (Å²) in [6, 6.07) is 4.95. The van der Waals surface area contributed by atoms with Crippen LogP contribution >= 0.6 is 0 Å². The highest BCUT2D eigenvalue weighted by Crippen LogP contribution is 2.56. The van der Waals surface area contributed by atoms with Gasteiger partial charge in [-0.15, -0.1) is 0 Å². The third-order valence-corrected chi connectivity index (χ3v) is 9.92. The van der Waals surface area contributed by atoms with Crippen LogP contribution < -0.4 is 0 Å². The Labute approximate surface area is 217 Å². The molecule has 1 aromatic carbocycles. The summed E-state index contributed by atoms with van der Waals surface area (Å²) < 4.78 is 39.7. The molecule has 3 saturated carbocycles. The standard InChI is InChI=1S/C31H38F3NO2/c32-31(33,34)22-13-11-21(12-14-22)29(37)27-25(19-7-2-1-3-8-19)26-23(35-28(27)20-9-4-5-10-20)17-30(15-6-16-30)18-24(26)36/h11-14,19-20,24,29,36-37H,1-10,15-18H2/t24-,29-/m0/s1. The molecular formula is C31H38F3NO2. The molecule has 0 unspecified atom stereocenters. The zero-order valence-corrected chi connectivity index (χ0v) is 21.5. The Hall–Kier alpha value is -1.92. The number of aliphatic hydroxyl groups excluding tert-OH is 2. The average Bonchev–Trinajstić information content (AvgIpc) is 3.41. The first-order chi connectivity index (χ1) is 17.8. The molecule has 3 nitrogen and oxygen atoms in total. The summed E-state index contributed by atoms with van der Waals surface area (Å²) in [6.07, 6.45) is 8.85. The average molecular weight is 514 g/mol. The van der Waals surface area contributed by atoms with E-state index in [-0.39, 0.29) is 17.3 Å². The van der Waals surface area contributed by atoms with Crippen molar-refractivity contribution >= 4 is 0 Å². The largest absolute Gasteiger partial charge is 0.416 e. The molecule has 4 aliphatic rings. The van der Waals surface area contributed by atoms with Crippen molar-refractivity contribution in [3.05, 3.63) is 63.5 Å². The van der Waals surface area contributed by atoms with Gasteiger partial charge in [0.15, 0.2) is 0 Å². The van der Waals surface area contributed by atoms with Gasteiger partial charge in [0.2, 0.25) is 0 Å². The first kappa shape index (κ1) is 25.4. The van der Waals surface area contributed by atoms with E-state index >= 15 is 0 Å². The van der Waals surface area contributed by atoms with Crippen molar-refractivity contribution < 1.29 is 23.4 Å². The maximum atomic E-state index is 13.2. The van der Waals surface area contributed by atoms with E-state index in [1.807, 2.05) is 0 Å². The van der Waals surface area contributed by atoms with Gasteiger partial charge in [-0.1, -0.05) is 50.7 Å². The van der Waals surface area contributed by atoms with Crippen LogP contribution in [0.2, 0.25) is 0 Å². The van der Waals surface area contributed by atoms with E-state index in [1.54, 1.807) is 0 Å². The number of fused-ring (bicyclic) bond motifs is 1. The smallest absolute Gasteiger partial charge is 0.388 e. The number of nitrogens with zero attached hydrogens (tertiary/aromatic N) is 1. The number of benzene rings is 1. The predicted octanol–water partition coefficient (Wildman–Crippen LogP) is 8.04. The lowest BCUT2D eigenvalue weighted by atomic mass is 9.58. The van der Waals surface area contributed by atoms with Crippen molar-refractivity contribution in [2.45, 2.75) is 120 Å². The Bertz CT molecular complexity index is 1130. The van der Waals surface area contributed by atoms with E-state index in [9.17, 15) is 23.4 Å². The molecule has 2 N–H and O–H groups in total. The molecule has 2 atom stereocenters. The zero-order valence-electron chi connectivity index (χ0n) is 21.5. The minimum absolute atomic E-state index is 0.157. The van der Waals surface area contributed by atoms with Crippen molar-refractivity contribution in [1.82, 2.24) is 4.98 Å². The van der Waals surface area contributed by atoms with Crippen molar-refractivity contribution in [1.29, 1.82) is 0 Å². The molecule has 1 heterocycles. The summed E-state index contributed by atoms with van der Waals surface area (Å²) in [5.74, 6) is 0.498. The summed E-state index contributed by atoms with van der Waals surface area (Å²) in [6.45, 7) is 0.